The number of nitrogens with two attached hydrogens (primary N) is 1. The van der Waals surface area contributed by atoms with Crippen molar-refractivity contribution in [2.24, 2.45) is 5.73 Å². The summed E-state index contributed by atoms with van der Waals surface area (Å²) in [7, 11) is 0. The molecule has 2 aromatic rings. The molecule has 0 fully saturated rings. The highest BCUT2D eigenvalue weighted by molar-refractivity contribution is 7.80. The minimum Gasteiger partial charge on any atom is -0.388 e. The second-order valence-corrected chi connectivity index (χ2v) is 4.79. The van der Waals surface area contributed by atoms with Gasteiger partial charge in [-0.2, -0.15) is 0 Å². The van der Waals surface area contributed by atoms with E-state index in [9.17, 15) is 0 Å². The predicted octanol–water partition coefficient (Wildman–Crippen LogP) is 2.59. The Balaban J connectivity index is 2.19. The maximum absolute atomic E-state index is 5.56. The zero-order valence-corrected chi connectivity index (χ0v) is 11.7. The molecule has 0 spiro atoms. The number of anilines is 1. The molecule has 1 heterocycles. The Bertz CT molecular complexity index is 598. The van der Waals surface area contributed by atoms with Gasteiger partial charge < -0.3 is 11.1 Å². The highest BCUT2D eigenvalue weighted by Gasteiger charge is 2.09. The molecule has 0 saturated heterocycles. The van der Waals surface area contributed by atoms with E-state index in [4.69, 9.17) is 18.0 Å². The van der Waals surface area contributed by atoms with E-state index < -0.39 is 0 Å². The number of benzene rings is 1. The van der Waals surface area contributed by atoms with E-state index in [0.717, 1.165) is 0 Å². The molecule has 0 aliphatic heterocycles. The van der Waals surface area contributed by atoms with E-state index in [1.807, 2.05) is 12.1 Å². The Labute approximate surface area is 118 Å². The first-order valence-corrected chi connectivity index (χ1v) is 6.43. The third kappa shape index (κ3) is 3.26. The third-order valence-corrected chi connectivity index (χ3v) is 3.12. The molecule has 2 rings (SSSR count). The van der Waals surface area contributed by atoms with Crippen LogP contribution in [0.1, 0.15) is 29.8 Å². The molecule has 0 bridgehead atoms. The number of nitrogens with one attached hydrogen (secondary N) is 1. The molecular formula is C14H16N4S. The molecule has 1 atom stereocenters. The van der Waals surface area contributed by atoms with Gasteiger partial charge in [0.2, 0.25) is 5.95 Å². The van der Waals surface area contributed by atoms with Crippen molar-refractivity contribution in [1.29, 1.82) is 0 Å². The molecule has 5 heteroatoms. The number of aromatic nitrogens is 2. The van der Waals surface area contributed by atoms with Crippen LogP contribution in [0.15, 0.2) is 36.5 Å². The summed E-state index contributed by atoms with van der Waals surface area (Å²) in [5.41, 5.74) is 8.58. The number of rotatable bonds is 4. The predicted molar refractivity (Wildman–Crippen MR) is 81.1 cm³/mol. The van der Waals surface area contributed by atoms with E-state index in [1.54, 1.807) is 12.3 Å². The molecule has 19 heavy (non-hydrogen) atoms. The molecular weight excluding hydrogens is 256 g/mol. The molecule has 0 amide bonds. The Morgan fingerprint density at radius 3 is 2.74 bits per heavy atom. The topological polar surface area (TPSA) is 63.8 Å². The van der Waals surface area contributed by atoms with Crippen LogP contribution < -0.4 is 11.1 Å². The van der Waals surface area contributed by atoms with Crippen LogP contribution in [0.5, 0.6) is 0 Å². The Kier molecular flexibility index (Phi) is 4.06. The summed E-state index contributed by atoms with van der Waals surface area (Å²) in [6, 6.07) is 10.0. The maximum Gasteiger partial charge on any atom is 0.223 e. The van der Waals surface area contributed by atoms with Crippen molar-refractivity contribution >= 4 is 23.2 Å². The molecule has 4 nitrogen and oxygen atoms in total. The van der Waals surface area contributed by atoms with Crippen LogP contribution in [0.2, 0.25) is 0 Å². The maximum atomic E-state index is 5.56. The lowest BCUT2D eigenvalue weighted by Crippen LogP contribution is -2.15. The van der Waals surface area contributed by atoms with Gasteiger partial charge in [-0.25, -0.2) is 9.97 Å². The fraction of sp³-hybridized carbons (Fsp3) is 0.214. The van der Waals surface area contributed by atoms with Crippen molar-refractivity contribution in [1.82, 2.24) is 9.97 Å². The van der Waals surface area contributed by atoms with E-state index in [-0.39, 0.29) is 11.0 Å². The van der Waals surface area contributed by atoms with Gasteiger partial charge >= 0.3 is 0 Å². The quantitative estimate of drug-likeness (QED) is 0.838. The minimum absolute atomic E-state index is 0.114. The second-order valence-electron chi connectivity index (χ2n) is 4.35. The standard InChI is InChI=1S/C14H16N4S/c1-9-5-3-4-6-11(9)10(2)17-14-16-8-7-12(18-14)13(15)19/h3-8,10H,1-2H3,(H2,15,19)(H,16,17,18). The van der Waals surface area contributed by atoms with Gasteiger partial charge in [0.15, 0.2) is 0 Å². The molecule has 3 N–H and O–H groups in total. The Morgan fingerprint density at radius 1 is 1.32 bits per heavy atom. The number of thiocarbonyl (C=S) groups is 1. The first kappa shape index (κ1) is 13.4. The molecule has 1 unspecified atom stereocenters. The third-order valence-electron chi connectivity index (χ3n) is 2.91. The molecule has 0 radical (unpaired) electrons. The van der Waals surface area contributed by atoms with Gasteiger partial charge in [0.1, 0.15) is 10.7 Å². The van der Waals surface area contributed by atoms with Gasteiger partial charge in [-0.05, 0) is 31.0 Å². The lowest BCUT2D eigenvalue weighted by atomic mass is 10.0. The van der Waals surface area contributed by atoms with Crippen LogP contribution in [0, 0.1) is 6.92 Å². The smallest absolute Gasteiger partial charge is 0.223 e. The van der Waals surface area contributed by atoms with E-state index in [1.165, 1.54) is 11.1 Å². The van der Waals surface area contributed by atoms with Crippen molar-refractivity contribution in [2.75, 3.05) is 5.32 Å². The molecule has 0 aliphatic rings. The summed E-state index contributed by atoms with van der Waals surface area (Å²) >= 11 is 4.91. The van der Waals surface area contributed by atoms with Gasteiger partial charge in [-0.3, -0.25) is 0 Å². The van der Waals surface area contributed by atoms with Gasteiger partial charge in [0, 0.05) is 6.20 Å². The highest BCUT2D eigenvalue weighted by Crippen LogP contribution is 2.19. The lowest BCUT2D eigenvalue weighted by Gasteiger charge is -2.16. The minimum atomic E-state index is 0.114. The SMILES string of the molecule is Cc1ccccc1C(C)Nc1nccc(C(N)=S)n1. The average molecular weight is 272 g/mol. The number of aryl methyl sites for hydroxylation is 1. The molecule has 0 aliphatic carbocycles. The monoisotopic (exact) mass is 272 g/mol. The largest absolute Gasteiger partial charge is 0.388 e. The molecule has 98 valence electrons. The van der Waals surface area contributed by atoms with E-state index in [2.05, 4.69) is 41.3 Å². The Hall–Kier alpha value is -2.01. The summed E-state index contributed by atoms with van der Waals surface area (Å²) < 4.78 is 0. The summed E-state index contributed by atoms with van der Waals surface area (Å²) in [5, 5.41) is 3.26. The van der Waals surface area contributed by atoms with Gasteiger partial charge in [-0.15, -0.1) is 0 Å². The van der Waals surface area contributed by atoms with Crippen molar-refractivity contribution in [3.8, 4) is 0 Å². The Morgan fingerprint density at radius 2 is 2.05 bits per heavy atom. The van der Waals surface area contributed by atoms with Crippen LogP contribution in [-0.2, 0) is 0 Å². The highest BCUT2D eigenvalue weighted by atomic mass is 32.1. The van der Waals surface area contributed by atoms with E-state index >= 15 is 0 Å². The van der Waals surface area contributed by atoms with Crippen LogP contribution in [-0.4, -0.2) is 15.0 Å². The molecule has 1 aromatic carbocycles. The van der Waals surface area contributed by atoms with Crippen LogP contribution >= 0.6 is 12.2 Å². The summed E-state index contributed by atoms with van der Waals surface area (Å²) in [5.74, 6) is 0.529. The molecule has 1 aromatic heterocycles. The van der Waals surface area contributed by atoms with Crippen molar-refractivity contribution < 1.29 is 0 Å². The number of hydrogen-bond donors (Lipinski definition) is 2. The number of nitrogens with zero attached hydrogens (tertiary/aromatic N) is 2. The fourth-order valence-corrected chi connectivity index (χ4v) is 2.02. The van der Waals surface area contributed by atoms with Crippen molar-refractivity contribution in [3.05, 3.63) is 53.3 Å². The zero-order chi connectivity index (χ0) is 13.8. The summed E-state index contributed by atoms with van der Waals surface area (Å²) in [4.78, 5) is 8.73. The normalized spacial score (nSPS) is 11.9. The first-order valence-electron chi connectivity index (χ1n) is 6.03. The molecule has 0 saturated carbocycles. The van der Waals surface area contributed by atoms with Crippen LogP contribution in [0.4, 0.5) is 5.95 Å². The van der Waals surface area contributed by atoms with Gasteiger partial charge in [0.05, 0.1) is 6.04 Å². The average Bonchev–Trinajstić information content (AvgIpc) is 2.39. The second kappa shape index (κ2) is 5.75. The van der Waals surface area contributed by atoms with Crippen molar-refractivity contribution in [2.45, 2.75) is 19.9 Å². The fourth-order valence-electron chi connectivity index (χ4n) is 1.91. The van der Waals surface area contributed by atoms with E-state index in [0.29, 0.717) is 11.6 Å². The lowest BCUT2D eigenvalue weighted by molar-refractivity contribution is 0.851. The summed E-state index contributed by atoms with van der Waals surface area (Å²) in [6.07, 6.45) is 1.65. The van der Waals surface area contributed by atoms with Gasteiger partial charge in [0.25, 0.3) is 0 Å². The van der Waals surface area contributed by atoms with Crippen LogP contribution in [0.3, 0.4) is 0 Å². The van der Waals surface area contributed by atoms with Gasteiger partial charge in [-0.1, -0.05) is 36.5 Å². The summed E-state index contributed by atoms with van der Waals surface area (Å²) in [6.45, 7) is 4.15. The van der Waals surface area contributed by atoms with Crippen molar-refractivity contribution in [3.63, 3.8) is 0 Å². The van der Waals surface area contributed by atoms with Crippen LogP contribution in [0.25, 0.3) is 0 Å². The first-order chi connectivity index (χ1) is 9.08. The zero-order valence-electron chi connectivity index (χ0n) is 10.9. The number of hydrogen-bond acceptors (Lipinski definition) is 4.